The molecule has 1 fully saturated rings. The van der Waals surface area contributed by atoms with Gasteiger partial charge in [-0.1, -0.05) is 38.8 Å². The van der Waals surface area contributed by atoms with Crippen LogP contribution in [-0.4, -0.2) is 24.5 Å². The monoisotopic (exact) mass is 565 g/mol. The number of halogens is 2. The normalized spacial score (nSPS) is 20.5. The number of aryl methyl sites for hydroxylation is 1. The maximum atomic E-state index is 12.3. The molecule has 1 amide bonds. The van der Waals surface area contributed by atoms with Crippen LogP contribution in [0.15, 0.2) is 45.3 Å². The fraction of sp³-hybridized carbons (Fsp3) is 0.440. The molecule has 5 nitrogen and oxygen atoms in total. The van der Waals surface area contributed by atoms with Crippen molar-refractivity contribution in [2.75, 3.05) is 6.61 Å². The summed E-state index contributed by atoms with van der Waals surface area (Å²) >= 11 is 7.04. The maximum absolute atomic E-state index is 12.3. The Kier molecular flexibility index (Phi) is 8.77. The summed E-state index contributed by atoms with van der Waals surface area (Å²) in [5.41, 5.74) is 2.44. The Hall–Kier alpha value is -1.86. The van der Waals surface area contributed by atoms with Crippen molar-refractivity contribution < 1.29 is 19.1 Å². The van der Waals surface area contributed by atoms with Gasteiger partial charge in [0.25, 0.3) is 5.91 Å². The summed E-state index contributed by atoms with van der Waals surface area (Å²) in [6, 6.07) is 11.1. The zero-order valence-electron chi connectivity index (χ0n) is 18.6. The van der Waals surface area contributed by atoms with Gasteiger partial charge in [0.15, 0.2) is 6.61 Å². The Morgan fingerprint density at radius 2 is 1.72 bits per heavy atom. The van der Waals surface area contributed by atoms with E-state index in [0.717, 1.165) is 38.7 Å². The van der Waals surface area contributed by atoms with Crippen LogP contribution in [0.4, 0.5) is 0 Å². The molecule has 1 N–H and O–H groups in total. The van der Waals surface area contributed by atoms with E-state index in [0.29, 0.717) is 24.0 Å². The highest BCUT2D eigenvalue weighted by Gasteiger charge is 2.28. The van der Waals surface area contributed by atoms with E-state index in [1.165, 1.54) is 6.42 Å². The molecule has 0 spiro atoms. The van der Waals surface area contributed by atoms with Gasteiger partial charge in [0.05, 0.1) is 14.5 Å². The smallest absolute Gasteiger partial charge is 0.338 e. The average molecular weight is 567 g/mol. The first kappa shape index (κ1) is 24.8. The predicted molar refractivity (Wildman–Crippen MR) is 132 cm³/mol. The maximum Gasteiger partial charge on any atom is 0.338 e. The first-order valence-electron chi connectivity index (χ1n) is 10.9. The Morgan fingerprint density at radius 1 is 1.06 bits per heavy atom. The molecule has 32 heavy (non-hydrogen) atoms. The lowest BCUT2D eigenvalue weighted by atomic mass is 9.78. The third kappa shape index (κ3) is 6.58. The van der Waals surface area contributed by atoms with Gasteiger partial charge in [-0.15, -0.1) is 0 Å². The minimum absolute atomic E-state index is 0.151. The number of rotatable bonds is 7. The Labute approximate surface area is 206 Å². The fourth-order valence-corrected chi connectivity index (χ4v) is 5.61. The summed E-state index contributed by atoms with van der Waals surface area (Å²) in [6.07, 6.45) is 3.29. The van der Waals surface area contributed by atoms with Crippen LogP contribution in [0.5, 0.6) is 5.75 Å². The third-order valence-electron chi connectivity index (χ3n) is 6.10. The van der Waals surface area contributed by atoms with Gasteiger partial charge in [-0.3, -0.25) is 4.79 Å². The average Bonchev–Trinajstić information content (AvgIpc) is 2.75. The van der Waals surface area contributed by atoms with Crippen molar-refractivity contribution >= 4 is 43.7 Å². The molecule has 3 rings (SSSR count). The minimum Gasteiger partial charge on any atom is -0.487 e. The second-order valence-electron chi connectivity index (χ2n) is 8.56. The van der Waals surface area contributed by atoms with Crippen molar-refractivity contribution in [2.24, 2.45) is 11.8 Å². The number of nitrogens with one attached hydrogen (secondary N) is 1. The molecule has 172 valence electrons. The van der Waals surface area contributed by atoms with Crippen LogP contribution in [0.1, 0.15) is 54.6 Å². The van der Waals surface area contributed by atoms with Crippen molar-refractivity contribution in [1.29, 1.82) is 0 Å². The van der Waals surface area contributed by atoms with Gasteiger partial charge in [0, 0.05) is 6.04 Å². The minimum atomic E-state index is -0.512. The molecule has 1 aliphatic rings. The fourth-order valence-electron chi connectivity index (χ4n) is 3.97. The Morgan fingerprint density at radius 3 is 2.38 bits per heavy atom. The molecule has 3 atom stereocenters. The van der Waals surface area contributed by atoms with Gasteiger partial charge in [-0.05, 0) is 92.4 Å². The van der Waals surface area contributed by atoms with E-state index >= 15 is 0 Å². The number of hydrogen-bond acceptors (Lipinski definition) is 4. The molecule has 3 unspecified atom stereocenters. The second-order valence-corrected chi connectivity index (χ2v) is 10.3. The molecule has 2 aromatic carbocycles. The molecule has 1 aliphatic carbocycles. The Bertz CT molecular complexity index is 938. The number of carbonyl (C=O) groups excluding carboxylic acids is 2. The van der Waals surface area contributed by atoms with Gasteiger partial charge in [-0.25, -0.2) is 4.79 Å². The van der Waals surface area contributed by atoms with Crippen LogP contribution < -0.4 is 10.1 Å². The van der Waals surface area contributed by atoms with Gasteiger partial charge in [0.2, 0.25) is 0 Å². The van der Waals surface area contributed by atoms with Crippen LogP contribution in [0.3, 0.4) is 0 Å². The standard InChI is InChI=1S/C25H29Br2NO4/c1-15-11-20(26)24(21(27)12-15)31-13-18-7-9-19(10-8-18)25(30)32-14-23(29)28-22-6-4-5-16(2)17(22)3/h7-12,16-17,22H,4-6,13-14H2,1-3H3,(H,28,29). The molecule has 0 aromatic heterocycles. The largest absolute Gasteiger partial charge is 0.487 e. The van der Waals surface area contributed by atoms with E-state index in [4.69, 9.17) is 9.47 Å². The van der Waals surface area contributed by atoms with Crippen molar-refractivity contribution in [1.82, 2.24) is 5.32 Å². The molecule has 7 heteroatoms. The van der Waals surface area contributed by atoms with E-state index in [-0.39, 0.29) is 18.6 Å². The summed E-state index contributed by atoms with van der Waals surface area (Å²) in [5.74, 6) is 0.990. The highest BCUT2D eigenvalue weighted by atomic mass is 79.9. The molecule has 2 aromatic rings. The Balaban J connectivity index is 1.48. The first-order chi connectivity index (χ1) is 15.2. The van der Waals surface area contributed by atoms with E-state index in [9.17, 15) is 9.59 Å². The van der Waals surface area contributed by atoms with E-state index in [1.54, 1.807) is 12.1 Å². The number of benzene rings is 2. The van der Waals surface area contributed by atoms with Gasteiger partial charge >= 0.3 is 5.97 Å². The lowest BCUT2D eigenvalue weighted by Crippen LogP contribution is -2.45. The van der Waals surface area contributed by atoms with E-state index in [1.807, 2.05) is 31.2 Å². The summed E-state index contributed by atoms with van der Waals surface area (Å²) < 4.78 is 12.9. The first-order valence-corrected chi connectivity index (χ1v) is 12.5. The van der Waals surface area contributed by atoms with E-state index < -0.39 is 5.97 Å². The lowest BCUT2D eigenvalue weighted by molar-refractivity contribution is -0.125. The zero-order valence-corrected chi connectivity index (χ0v) is 21.8. The second kappa shape index (κ2) is 11.3. The van der Waals surface area contributed by atoms with Gasteiger partial charge in [0.1, 0.15) is 12.4 Å². The molecule has 0 saturated heterocycles. The molecule has 0 bridgehead atoms. The summed E-state index contributed by atoms with van der Waals surface area (Å²) in [6.45, 7) is 6.49. The highest BCUT2D eigenvalue weighted by Crippen LogP contribution is 2.35. The van der Waals surface area contributed by atoms with Crippen LogP contribution in [0, 0.1) is 18.8 Å². The van der Waals surface area contributed by atoms with Crippen LogP contribution in [-0.2, 0) is 16.1 Å². The van der Waals surface area contributed by atoms with Crippen molar-refractivity contribution in [3.05, 3.63) is 62.0 Å². The lowest BCUT2D eigenvalue weighted by Gasteiger charge is -2.34. The number of amides is 1. The summed E-state index contributed by atoms with van der Waals surface area (Å²) in [4.78, 5) is 24.6. The summed E-state index contributed by atoms with van der Waals surface area (Å²) in [7, 11) is 0. The number of esters is 1. The molecule has 1 saturated carbocycles. The summed E-state index contributed by atoms with van der Waals surface area (Å²) in [5, 5.41) is 3.02. The van der Waals surface area contributed by atoms with Crippen LogP contribution in [0.25, 0.3) is 0 Å². The van der Waals surface area contributed by atoms with Gasteiger partial charge in [-0.2, -0.15) is 0 Å². The SMILES string of the molecule is Cc1cc(Br)c(OCc2ccc(C(=O)OCC(=O)NC3CCCC(C)C3C)cc2)c(Br)c1. The molecule has 0 aliphatic heterocycles. The highest BCUT2D eigenvalue weighted by molar-refractivity contribution is 9.11. The zero-order chi connectivity index (χ0) is 23.3. The molecule has 0 radical (unpaired) electrons. The number of ether oxygens (including phenoxy) is 2. The predicted octanol–water partition coefficient (Wildman–Crippen LogP) is 6.20. The van der Waals surface area contributed by atoms with Crippen molar-refractivity contribution in [3.63, 3.8) is 0 Å². The molecule has 0 heterocycles. The molecular formula is C25H29Br2NO4. The van der Waals surface area contributed by atoms with Gasteiger partial charge < -0.3 is 14.8 Å². The number of carbonyl (C=O) groups is 2. The van der Waals surface area contributed by atoms with E-state index in [2.05, 4.69) is 51.0 Å². The third-order valence-corrected chi connectivity index (χ3v) is 7.28. The number of hydrogen-bond donors (Lipinski definition) is 1. The van der Waals surface area contributed by atoms with Crippen LogP contribution >= 0.6 is 31.9 Å². The quantitative estimate of drug-likeness (QED) is 0.405. The molecular weight excluding hydrogens is 538 g/mol. The van der Waals surface area contributed by atoms with Crippen molar-refractivity contribution in [2.45, 2.75) is 52.7 Å². The van der Waals surface area contributed by atoms with Crippen molar-refractivity contribution in [3.8, 4) is 5.75 Å². The topological polar surface area (TPSA) is 64.6 Å². The van der Waals surface area contributed by atoms with Crippen LogP contribution in [0.2, 0.25) is 0 Å².